The van der Waals surface area contributed by atoms with Crippen LogP contribution in [0.4, 0.5) is 0 Å². The molecule has 0 aliphatic carbocycles. The van der Waals surface area contributed by atoms with E-state index < -0.39 is 10.1 Å². The van der Waals surface area contributed by atoms with Crippen molar-refractivity contribution in [2.75, 3.05) is 0 Å². The predicted octanol–water partition coefficient (Wildman–Crippen LogP) is 3.51. The zero-order valence-electron chi connectivity index (χ0n) is 12.9. The fourth-order valence-electron chi connectivity index (χ4n) is 1.91. The quantitative estimate of drug-likeness (QED) is 0.485. The molecule has 124 valence electrons. The van der Waals surface area contributed by atoms with E-state index in [-0.39, 0.29) is 10.6 Å². The van der Waals surface area contributed by atoms with E-state index >= 15 is 0 Å². The normalized spacial score (nSPS) is 11.9. The van der Waals surface area contributed by atoms with Crippen LogP contribution in [0.5, 0.6) is 0 Å². The van der Waals surface area contributed by atoms with Crippen molar-refractivity contribution in [3.63, 3.8) is 0 Å². The van der Waals surface area contributed by atoms with Crippen LogP contribution >= 0.6 is 25.3 Å². The lowest BCUT2D eigenvalue weighted by atomic mass is 10.1. The molecule has 0 fully saturated rings. The SMILES string of the molecule is Cc1ccc(S(=O)(=O)ON=C(C#N)c2ccc(S)c(S)c2C)cc1. The van der Waals surface area contributed by atoms with Gasteiger partial charge in [-0.2, -0.15) is 13.7 Å². The first-order chi connectivity index (χ1) is 11.3. The van der Waals surface area contributed by atoms with Gasteiger partial charge in [-0.25, -0.2) is 0 Å². The summed E-state index contributed by atoms with van der Waals surface area (Å²) in [4.78, 5) is 1.19. The third-order valence-corrected chi connectivity index (χ3v) is 5.55. The molecule has 8 heteroatoms. The zero-order valence-corrected chi connectivity index (χ0v) is 15.5. The van der Waals surface area contributed by atoms with Crippen LogP contribution < -0.4 is 0 Å². The van der Waals surface area contributed by atoms with Crippen LogP contribution in [-0.2, 0) is 14.4 Å². The molecule has 0 saturated heterocycles. The van der Waals surface area contributed by atoms with E-state index in [0.717, 1.165) is 5.56 Å². The van der Waals surface area contributed by atoms with Crippen molar-refractivity contribution < 1.29 is 12.7 Å². The Kier molecular flexibility index (Phi) is 5.59. The van der Waals surface area contributed by atoms with Gasteiger partial charge in [0.25, 0.3) is 0 Å². The molecule has 5 nitrogen and oxygen atoms in total. The van der Waals surface area contributed by atoms with Gasteiger partial charge in [-0.3, -0.25) is 4.28 Å². The van der Waals surface area contributed by atoms with Crippen LogP contribution in [0.3, 0.4) is 0 Å². The highest BCUT2D eigenvalue weighted by Crippen LogP contribution is 2.25. The largest absolute Gasteiger partial charge is 0.358 e. The minimum atomic E-state index is -4.09. The molecule has 0 unspecified atom stereocenters. The monoisotopic (exact) mass is 378 g/mol. The van der Waals surface area contributed by atoms with Gasteiger partial charge in [-0.15, -0.1) is 25.3 Å². The van der Waals surface area contributed by atoms with E-state index in [0.29, 0.717) is 20.9 Å². The minimum absolute atomic E-state index is 0.0357. The maximum Gasteiger partial charge on any atom is 0.358 e. The molecule has 2 aromatic carbocycles. The van der Waals surface area contributed by atoms with Gasteiger partial charge < -0.3 is 0 Å². The second kappa shape index (κ2) is 7.30. The molecule has 24 heavy (non-hydrogen) atoms. The van der Waals surface area contributed by atoms with Crippen molar-refractivity contribution in [1.82, 2.24) is 0 Å². The topological polar surface area (TPSA) is 79.5 Å². The van der Waals surface area contributed by atoms with Crippen molar-refractivity contribution >= 4 is 41.1 Å². The molecule has 0 aliphatic heterocycles. The maximum atomic E-state index is 12.1. The third-order valence-electron chi connectivity index (χ3n) is 3.31. The maximum absolute atomic E-state index is 12.1. The summed E-state index contributed by atoms with van der Waals surface area (Å²) < 4.78 is 29.0. The lowest BCUT2D eigenvalue weighted by molar-refractivity contribution is 0.339. The van der Waals surface area contributed by atoms with Crippen molar-refractivity contribution in [2.45, 2.75) is 28.5 Å². The summed E-state index contributed by atoms with van der Waals surface area (Å²) in [6.45, 7) is 3.57. The van der Waals surface area contributed by atoms with E-state index in [1.165, 1.54) is 12.1 Å². The Bertz CT molecular complexity index is 944. The highest BCUT2D eigenvalue weighted by atomic mass is 32.2. The first-order valence-electron chi connectivity index (χ1n) is 6.76. The van der Waals surface area contributed by atoms with E-state index in [9.17, 15) is 13.7 Å². The molecule has 2 aromatic rings. The molecular formula is C16H14N2O3S3. The molecule has 0 amide bonds. The molecular weight excluding hydrogens is 364 g/mol. The first-order valence-corrected chi connectivity index (χ1v) is 9.07. The van der Waals surface area contributed by atoms with Crippen molar-refractivity contribution in [3.05, 3.63) is 53.1 Å². The fourth-order valence-corrected chi connectivity index (χ4v) is 3.07. The summed E-state index contributed by atoms with van der Waals surface area (Å²) in [7, 11) is -4.09. The van der Waals surface area contributed by atoms with Gasteiger partial charge in [0.2, 0.25) is 0 Å². The summed E-state index contributed by atoms with van der Waals surface area (Å²) in [5, 5.41) is 12.8. The Labute approximate surface area is 151 Å². The third kappa shape index (κ3) is 3.93. The number of thiol groups is 2. The number of benzene rings is 2. The number of aryl methyl sites for hydroxylation is 1. The van der Waals surface area contributed by atoms with Crippen LogP contribution in [0.1, 0.15) is 16.7 Å². The van der Waals surface area contributed by atoms with Gasteiger partial charge in [0.05, 0.1) is 0 Å². The van der Waals surface area contributed by atoms with E-state index in [1.807, 2.05) is 13.0 Å². The lowest BCUT2D eigenvalue weighted by Gasteiger charge is -2.08. The highest BCUT2D eigenvalue weighted by molar-refractivity contribution is 7.86. The average Bonchev–Trinajstić information content (AvgIpc) is 2.55. The summed E-state index contributed by atoms with van der Waals surface area (Å²) in [5.74, 6) is 0. The van der Waals surface area contributed by atoms with Crippen molar-refractivity contribution in [2.24, 2.45) is 5.16 Å². The van der Waals surface area contributed by atoms with E-state index in [4.69, 9.17) is 0 Å². The smallest absolute Gasteiger partial charge is 0.263 e. The summed E-state index contributed by atoms with van der Waals surface area (Å²) in [6, 6.07) is 11.2. The van der Waals surface area contributed by atoms with E-state index in [2.05, 4.69) is 34.7 Å². The Hall–Kier alpha value is -1.95. The molecule has 0 aromatic heterocycles. The number of rotatable bonds is 4. The molecule has 0 bridgehead atoms. The molecule has 0 atom stereocenters. The van der Waals surface area contributed by atoms with Gasteiger partial charge >= 0.3 is 10.1 Å². The lowest BCUT2D eigenvalue weighted by Crippen LogP contribution is -2.07. The Morgan fingerprint density at radius 3 is 2.33 bits per heavy atom. The van der Waals surface area contributed by atoms with Crippen molar-refractivity contribution in [1.29, 1.82) is 5.26 Å². The summed E-state index contributed by atoms with van der Waals surface area (Å²) in [6.07, 6.45) is 0. The van der Waals surface area contributed by atoms with Gasteiger partial charge in [0.15, 0.2) is 5.71 Å². The molecule has 2 rings (SSSR count). The molecule has 0 saturated carbocycles. The van der Waals surface area contributed by atoms with Gasteiger partial charge in [-0.1, -0.05) is 28.9 Å². The van der Waals surface area contributed by atoms with Crippen LogP contribution in [0.25, 0.3) is 0 Å². The molecule has 0 spiro atoms. The number of nitriles is 1. The fraction of sp³-hybridized carbons (Fsp3) is 0.125. The van der Waals surface area contributed by atoms with Gasteiger partial charge in [-0.05, 0) is 37.6 Å². The second-order valence-electron chi connectivity index (χ2n) is 5.00. The summed E-state index contributed by atoms with van der Waals surface area (Å²) in [5.41, 5.74) is 1.84. The van der Waals surface area contributed by atoms with Crippen LogP contribution in [-0.4, -0.2) is 14.1 Å². The highest BCUT2D eigenvalue weighted by Gasteiger charge is 2.17. The Morgan fingerprint density at radius 1 is 1.12 bits per heavy atom. The number of hydrogen-bond donors (Lipinski definition) is 2. The van der Waals surface area contributed by atoms with Gasteiger partial charge in [0.1, 0.15) is 11.0 Å². The number of oxime groups is 1. The standard InChI is InChI=1S/C16H14N2O3S3/c1-10-3-5-12(6-4-10)24(19,20)21-18-14(9-17)13-7-8-15(22)16(23)11(13)2/h3-8,22-23H,1-2H3. The van der Waals surface area contributed by atoms with Crippen molar-refractivity contribution in [3.8, 4) is 6.07 Å². The molecule has 0 N–H and O–H groups in total. The Balaban J connectivity index is 2.37. The van der Waals surface area contributed by atoms with E-state index in [1.54, 1.807) is 31.2 Å². The van der Waals surface area contributed by atoms with Gasteiger partial charge in [0, 0.05) is 15.4 Å². The second-order valence-corrected chi connectivity index (χ2v) is 7.46. The minimum Gasteiger partial charge on any atom is -0.263 e. The zero-order chi connectivity index (χ0) is 17.9. The Morgan fingerprint density at radius 2 is 1.75 bits per heavy atom. The number of nitrogens with zero attached hydrogens (tertiary/aromatic N) is 2. The van der Waals surface area contributed by atoms with Crippen LogP contribution in [0.15, 0.2) is 56.2 Å². The molecule has 0 aliphatic rings. The number of hydrogen-bond acceptors (Lipinski definition) is 7. The summed E-state index contributed by atoms with van der Waals surface area (Å²) >= 11 is 8.55. The van der Waals surface area contributed by atoms with Crippen LogP contribution in [0, 0.1) is 25.2 Å². The van der Waals surface area contributed by atoms with Crippen LogP contribution in [0.2, 0.25) is 0 Å². The first kappa shape index (κ1) is 18.4. The molecule has 0 radical (unpaired) electrons. The predicted molar refractivity (Wildman–Crippen MR) is 97.3 cm³/mol. The average molecular weight is 379 g/mol. The molecule has 0 heterocycles.